The minimum atomic E-state index is -3.89. The van der Waals surface area contributed by atoms with E-state index in [9.17, 15) is 27.6 Å². The molecule has 2 aromatic rings. The average Bonchev–Trinajstić information content (AvgIpc) is 2.77. The number of benzene rings is 1. The Hall–Kier alpha value is -3.71. The van der Waals surface area contributed by atoms with Crippen LogP contribution in [0.1, 0.15) is 0 Å². The number of amides is 1. The van der Waals surface area contributed by atoms with Crippen LogP contribution in [0.25, 0.3) is 0 Å². The number of carbonyl (C=O) groups excluding carboxylic acids is 1. The van der Waals surface area contributed by atoms with Crippen molar-refractivity contribution in [3.8, 4) is 5.75 Å². The topological polar surface area (TPSA) is 142 Å². The van der Waals surface area contributed by atoms with Crippen LogP contribution in [0.3, 0.4) is 0 Å². The van der Waals surface area contributed by atoms with Gasteiger partial charge in [-0.1, -0.05) is 12.2 Å². The highest BCUT2D eigenvalue weighted by Crippen LogP contribution is 2.28. The van der Waals surface area contributed by atoms with Gasteiger partial charge in [-0.15, -0.1) is 13.2 Å². The Bertz CT molecular complexity index is 1320. The molecule has 2 rings (SSSR count). The van der Waals surface area contributed by atoms with Gasteiger partial charge < -0.3 is 10.1 Å². The molecule has 1 aromatic carbocycles. The standard InChI is InChI=1S/C20H25N5O7S/c1-6-10-23-18(27)24(11-7-2)20(29)25(19(23)28)13-17(26)21-14-8-9-15(32-5)16(12-14)33(30,31)22(3)4/h6-9,12H,1-2,10-11,13H2,3-5H3,(H,21,26). The molecule has 1 aromatic heterocycles. The third-order valence-electron chi connectivity index (χ3n) is 4.52. The minimum absolute atomic E-state index is 0.0710. The maximum absolute atomic E-state index is 12.6. The summed E-state index contributed by atoms with van der Waals surface area (Å²) in [4.78, 5) is 50.1. The monoisotopic (exact) mass is 479 g/mol. The number of methoxy groups -OCH3 is 1. The molecule has 0 radical (unpaired) electrons. The van der Waals surface area contributed by atoms with Gasteiger partial charge in [0, 0.05) is 19.8 Å². The molecule has 0 aliphatic carbocycles. The summed E-state index contributed by atoms with van der Waals surface area (Å²) in [6.07, 6.45) is 2.61. The number of carbonyl (C=O) groups is 1. The summed E-state index contributed by atoms with van der Waals surface area (Å²) in [7, 11) is 0.112. The van der Waals surface area contributed by atoms with Crippen molar-refractivity contribution in [1.29, 1.82) is 0 Å². The Balaban J connectivity index is 2.48. The van der Waals surface area contributed by atoms with E-state index in [0.29, 0.717) is 4.57 Å². The first kappa shape index (κ1) is 25.5. The first-order valence-corrected chi connectivity index (χ1v) is 11.0. The van der Waals surface area contributed by atoms with Gasteiger partial charge in [0.15, 0.2) is 0 Å². The van der Waals surface area contributed by atoms with Gasteiger partial charge in [-0.2, -0.15) is 0 Å². The van der Waals surface area contributed by atoms with Gasteiger partial charge in [-0.05, 0) is 18.2 Å². The van der Waals surface area contributed by atoms with Crippen LogP contribution in [-0.2, 0) is 34.5 Å². The zero-order valence-corrected chi connectivity index (χ0v) is 19.3. The lowest BCUT2D eigenvalue weighted by Gasteiger charge is -2.16. The first-order valence-electron chi connectivity index (χ1n) is 9.56. The summed E-state index contributed by atoms with van der Waals surface area (Å²) < 4.78 is 33.3. The molecular weight excluding hydrogens is 454 g/mol. The van der Waals surface area contributed by atoms with Crippen LogP contribution in [0.4, 0.5) is 5.69 Å². The maximum atomic E-state index is 12.6. The Morgan fingerprint density at radius 2 is 1.55 bits per heavy atom. The van der Waals surface area contributed by atoms with E-state index in [4.69, 9.17) is 4.74 Å². The SMILES string of the molecule is C=CCn1c(=O)n(CC=C)c(=O)n(CC(=O)Nc2ccc(OC)c(S(=O)(=O)N(C)C)c2)c1=O. The lowest BCUT2D eigenvalue weighted by Crippen LogP contribution is -2.55. The van der Waals surface area contributed by atoms with Crippen molar-refractivity contribution in [2.24, 2.45) is 0 Å². The Labute approximate surface area is 189 Å². The molecule has 13 heteroatoms. The molecule has 0 fully saturated rings. The predicted molar refractivity (Wildman–Crippen MR) is 122 cm³/mol. The van der Waals surface area contributed by atoms with Gasteiger partial charge in [0.25, 0.3) is 0 Å². The van der Waals surface area contributed by atoms with Crippen molar-refractivity contribution >= 4 is 21.6 Å². The number of ether oxygens (including phenoxy) is 1. The summed E-state index contributed by atoms with van der Waals surface area (Å²) in [6, 6.07) is 3.96. The molecule has 0 aliphatic heterocycles. The van der Waals surface area contributed by atoms with Crippen LogP contribution in [0.2, 0.25) is 0 Å². The van der Waals surface area contributed by atoms with E-state index in [2.05, 4.69) is 18.5 Å². The normalized spacial score (nSPS) is 11.3. The largest absolute Gasteiger partial charge is 0.495 e. The molecule has 0 spiro atoms. The van der Waals surface area contributed by atoms with E-state index >= 15 is 0 Å². The van der Waals surface area contributed by atoms with Crippen LogP contribution in [0.5, 0.6) is 5.75 Å². The third kappa shape index (κ3) is 5.21. The van der Waals surface area contributed by atoms with Crippen molar-refractivity contribution < 1.29 is 17.9 Å². The summed E-state index contributed by atoms with van der Waals surface area (Å²) >= 11 is 0. The van der Waals surface area contributed by atoms with Crippen LogP contribution in [-0.4, -0.2) is 53.5 Å². The summed E-state index contributed by atoms with van der Waals surface area (Å²) in [5.41, 5.74) is -2.72. The molecule has 33 heavy (non-hydrogen) atoms. The molecule has 12 nitrogen and oxygen atoms in total. The second kappa shape index (κ2) is 10.3. The highest BCUT2D eigenvalue weighted by molar-refractivity contribution is 7.89. The van der Waals surface area contributed by atoms with Gasteiger partial charge >= 0.3 is 17.1 Å². The third-order valence-corrected chi connectivity index (χ3v) is 6.35. The highest BCUT2D eigenvalue weighted by atomic mass is 32.2. The number of hydrogen-bond donors (Lipinski definition) is 1. The van der Waals surface area contributed by atoms with Crippen molar-refractivity contribution in [3.05, 3.63) is 75.0 Å². The van der Waals surface area contributed by atoms with Gasteiger partial charge in [-0.25, -0.2) is 40.8 Å². The zero-order valence-electron chi connectivity index (χ0n) is 18.5. The van der Waals surface area contributed by atoms with Crippen molar-refractivity contribution in [1.82, 2.24) is 18.0 Å². The van der Waals surface area contributed by atoms with Gasteiger partial charge in [0.05, 0.1) is 20.2 Å². The van der Waals surface area contributed by atoms with E-state index in [1.165, 1.54) is 51.6 Å². The van der Waals surface area contributed by atoms with Crippen molar-refractivity contribution in [2.45, 2.75) is 24.5 Å². The Morgan fingerprint density at radius 1 is 1.03 bits per heavy atom. The smallest absolute Gasteiger partial charge is 0.337 e. The fourth-order valence-corrected chi connectivity index (χ4v) is 3.96. The molecule has 1 heterocycles. The molecule has 0 unspecified atom stereocenters. The van der Waals surface area contributed by atoms with E-state index < -0.39 is 39.5 Å². The molecule has 0 saturated heterocycles. The van der Waals surface area contributed by atoms with Gasteiger partial charge in [-0.3, -0.25) is 4.79 Å². The second-order valence-corrected chi connectivity index (χ2v) is 9.05. The summed E-state index contributed by atoms with van der Waals surface area (Å²) in [6.45, 7) is 5.91. The number of rotatable bonds is 10. The van der Waals surface area contributed by atoms with Gasteiger partial charge in [0.1, 0.15) is 17.2 Å². The molecule has 0 saturated carbocycles. The Morgan fingerprint density at radius 3 is 2.00 bits per heavy atom. The number of sulfonamides is 1. The second-order valence-electron chi connectivity index (χ2n) is 6.93. The first-order chi connectivity index (χ1) is 15.5. The minimum Gasteiger partial charge on any atom is -0.495 e. The fourth-order valence-electron chi connectivity index (χ4n) is 2.89. The van der Waals surface area contributed by atoms with Crippen molar-refractivity contribution in [3.63, 3.8) is 0 Å². The molecule has 1 N–H and O–H groups in total. The molecule has 178 valence electrons. The van der Waals surface area contributed by atoms with E-state index in [0.717, 1.165) is 13.4 Å². The van der Waals surface area contributed by atoms with E-state index in [1.54, 1.807) is 0 Å². The molecule has 0 atom stereocenters. The van der Waals surface area contributed by atoms with Crippen LogP contribution in [0.15, 0.2) is 62.8 Å². The maximum Gasteiger partial charge on any atom is 0.337 e. The van der Waals surface area contributed by atoms with Crippen LogP contribution < -0.4 is 27.1 Å². The highest BCUT2D eigenvalue weighted by Gasteiger charge is 2.23. The molecular formula is C20H25N5O7S. The molecule has 0 bridgehead atoms. The number of anilines is 1. The lowest BCUT2D eigenvalue weighted by atomic mass is 10.3. The number of nitrogens with one attached hydrogen (secondary N) is 1. The Kier molecular flexibility index (Phi) is 7.95. The van der Waals surface area contributed by atoms with E-state index in [-0.39, 0.29) is 29.4 Å². The van der Waals surface area contributed by atoms with Crippen molar-refractivity contribution in [2.75, 3.05) is 26.5 Å². The van der Waals surface area contributed by atoms with Crippen LogP contribution in [0, 0.1) is 0 Å². The van der Waals surface area contributed by atoms with E-state index in [1.807, 2.05) is 0 Å². The number of hydrogen-bond acceptors (Lipinski definition) is 7. The summed E-state index contributed by atoms with van der Waals surface area (Å²) in [5.74, 6) is -0.719. The average molecular weight is 480 g/mol. The predicted octanol–water partition coefficient (Wildman–Crippen LogP) is -0.559. The fraction of sp³-hybridized carbons (Fsp3) is 0.300. The van der Waals surface area contributed by atoms with Gasteiger partial charge in [0.2, 0.25) is 15.9 Å². The number of allylic oxidation sites excluding steroid dienone is 2. The quantitative estimate of drug-likeness (QED) is 0.450. The number of aromatic nitrogens is 3. The van der Waals surface area contributed by atoms with Crippen LogP contribution >= 0.6 is 0 Å². The molecule has 0 aliphatic rings. The lowest BCUT2D eigenvalue weighted by molar-refractivity contribution is -0.116. The molecule has 1 amide bonds. The number of nitrogens with zero attached hydrogens (tertiary/aromatic N) is 4. The summed E-state index contributed by atoms with van der Waals surface area (Å²) in [5, 5.41) is 2.45. The zero-order chi connectivity index (χ0) is 24.9.